The zero-order valence-electron chi connectivity index (χ0n) is 10.5. The van der Waals surface area contributed by atoms with Crippen LogP contribution in [-0.4, -0.2) is 36.6 Å². The van der Waals surface area contributed by atoms with Gasteiger partial charge in [-0.2, -0.15) is 17.5 Å². The fourth-order valence-corrected chi connectivity index (χ4v) is 3.63. The first-order valence-electron chi connectivity index (χ1n) is 6.02. The van der Waals surface area contributed by atoms with Gasteiger partial charge >= 0.3 is 6.18 Å². The molecule has 0 aromatic heterocycles. The minimum atomic E-state index is -4.58. The van der Waals surface area contributed by atoms with Crippen LogP contribution in [0.25, 0.3) is 0 Å². The Balaban J connectivity index is 2.35. The van der Waals surface area contributed by atoms with Gasteiger partial charge in [0.25, 0.3) is 0 Å². The van der Waals surface area contributed by atoms with Crippen LogP contribution in [0, 0.1) is 0 Å². The maximum absolute atomic E-state index is 12.5. The van der Waals surface area contributed by atoms with E-state index in [-0.39, 0.29) is 11.5 Å². The lowest BCUT2D eigenvalue weighted by atomic mass is 10.2. The average molecular weight is 309 g/mol. The van der Waals surface area contributed by atoms with Crippen LogP contribution in [0.5, 0.6) is 0 Å². The molecule has 0 bridgehead atoms. The second-order valence-corrected chi connectivity index (χ2v) is 6.59. The molecule has 0 saturated heterocycles. The van der Waals surface area contributed by atoms with Gasteiger partial charge in [-0.3, -0.25) is 0 Å². The second kappa shape index (κ2) is 5.34. The van der Waals surface area contributed by atoms with Crippen molar-refractivity contribution in [1.29, 1.82) is 0 Å². The molecule has 0 atom stereocenters. The van der Waals surface area contributed by atoms with Gasteiger partial charge in [0.05, 0.1) is 11.5 Å². The molecule has 1 aliphatic rings. The van der Waals surface area contributed by atoms with E-state index in [4.69, 9.17) is 5.11 Å². The number of halogens is 3. The van der Waals surface area contributed by atoms with Crippen molar-refractivity contribution in [2.24, 2.45) is 0 Å². The van der Waals surface area contributed by atoms with E-state index in [0.717, 1.165) is 0 Å². The summed E-state index contributed by atoms with van der Waals surface area (Å²) in [7, 11) is -4.20. The molecule has 1 saturated carbocycles. The minimum absolute atomic E-state index is 0.222. The van der Waals surface area contributed by atoms with Crippen molar-refractivity contribution in [2.45, 2.75) is 36.6 Å². The maximum atomic E-state index is 12.5. The Hall–Kier alpha value is -1.12. The molecule has 1 N–H and O–H groups in total. The molecule has 0 aliphatic heterocycles. The van der Waals surface area contributed by atoms with Gasteiger partial charge in [0, 0.05) is 6.04 Å². The number of sulfonamides is 1. The van der Waals surface area contributed by atoms with Gasteiger partial charge in [-0.15, -0.1) is 0 Å². The summed E-state index contributed by atoms with van der Waals surface area (Å²) in [6.45, 7) is -1.85. The van der Waals surface area contributed by atoms with Crippen molar-refractivity contribution >= 4 is 10.0 Å². The van der Waals surface area contributed by atoms with Crippen molar-refractivity contribution in [3.05, 3.63) is 29.8 Å². The van der Waals surface area contributed by atoms with Crippen LogP contribution in [0.4, 0.5) is 13.2 Å². The summed E-state index contributed by atoms with van der Waals surface area (Å²) < 4.78 is 62.7. The van der Waals surface area contributed by atoms with Gasteiger partial charge in [-0.05, 0) is 30.5 Å². The fraction of sp³-hybridized carbons (Fsp3) is 0.500. The summed E-state index contributed by atoms with van der Waals surface area (Å²) in [5, 5.41) is 8.99. The first-order valence-corrected chi connectivity index (χ1v) is 7.46. The Morgan fingerprint density at radius 3 is 2.45 bits per heavy atom. The largest absolute Gasteiger partial charge is 0.402 e. The van der Waals surface area contributed by atoms with Crippen LogP contribution in [0.2, 0.25) is 0 Å². The number of rotatable bonds is 5. The summed E-state index contributed by atoms with van der Waals surface area (Å²) in [5.74, 6) is 0. The molecule has 1 fully saturated rings. The van der Waals surface area contributed by atoms with E-state index in [1.54, 1.807) is 0 Å². The predicted molar refractivity (Wildman–Crippen MR) is 65.3 cm³/mol. The lowest BCUT2D eigenvalue weighted by Gasteiger charge is -2.23. The maximum Gasteiger partial charge on any atom is 0.402 e. The zero-order valence-corrected chi connectivity index (χ0v) is 11.3. The van der Waals surface area contributed by atoms with E-state index in [0.29, 0.717) is 22.7 Å². The van der Waals surface area contributed by atoms with E-state index in [9.17, 15) is 21.6 Å². The topological polar surface area (TPSA) is 57.6 Å². The molecule has 1 aliphatic carbocycles. The Labute approximate surface area is 114 Å². The van der Waals surface area contributed by atoms with Gasteiger partial charge in [-0.1, -0.05) is 12.1 Å². The van der Waals surface area contributed by atoms with Crippen LogP contribution < -0.4 is 0 Å². The van der Waals surface area contributed by atoms with Crippen molar-refractivity contribution in [1.82, 2.24) is 4.31 Å². The predicted octanol–water partition coefficient (Wildman–Crippen LogP) is 1.89. The van der Waals surface area contributed by atoms with E-state index < -0.39 is 28.8 Å². The summed E-state index contributed by atoms with van der Waals surface area (Å²) in [5.41, 5.74) is 0.342. The Morgan fingerprint density at radius 2 is 1.95 bits per heavy atom. The highest BCUT2D eigenvalue weighted by Crippen LogP contribution is 2.34. The molecular weight excluding hydrogens is 295 g/mol. The second-order valence-electron chi connectivity index (χ2n) is 4.70. The van der Waals surface area contributed by atoms with Gasteiger partial charge < -0.3 is 5.11 Å². The van der Waals surface area contributed by atoms with E-state index in [1.165, 1.54) is 24.3 Å². The molecule has 0 amide bonds. The molecule has 1 aromatic rings. The molecule has 4 nitrogen and oxygen atoms in total. The Morgan fingerprint density at radius 1 is 1.30 bits per heavy atom. The number of aliphatic hydroxyl groups excluding tert-OH is 1. The highest BCUT2D eigenvalue weighted by atomic mass is 32.2. The molecule has 0 heterocycles. The first-order chi connectivity index (χ1) is 9.24. The van der Waals surface area contributed by atoms with Crippen LogP contribution >= 0.6 is 0 Å². The molecule has 1 aromatic carbocycles. The van der Waals surface area contributed by atoms with Gasteiger partial charge in [0.2, 0.25) is 10.0 Å². The van der Waals surface area contributed by atoms with E-state index >= 15 is 0 Å². The molecule has 2 rings (SSSR count). The number of benzene rings is 1. The van der Waals surface area contributed by atoms with Gasteiger partial charge in [0.1, 0.15) is 6.54 Å². The lowest BCUT2D eigenvalue weighted by molar-refractivity contribution is -0.137. The molecule has 8 heteroatoms. The molecule has 0 spiro atoms. The number of aliphatic hydroxyl groups is 1. The van der Waals surface area contributed by atoms with E-state index in [2.05, 4.69) is 0 Å². The fourth-order valence-electron chi connectivity index (χ4n) is 1.89. The van der Waals surface area contributed by atoms with Crippen molar-refractivity contribution in [3.8, 4) is 0 Å². The standard InChI is InChI=1S/C12H14F3NO3S/c13-12(14,15)8-16(10-4-5-10)20(18,19)11-3-1-2-9(6-11)7-17/h1-3,6,10,17H,4-5,7-8H2. The molecule has 112 valence electrons. The van der Waals surface area contributed by atoms with Crippen LogP contribution in [0.1, 0.15) is 18.4 Å². The Bertz CT molecular complexity index is 582. The SMILES string of the molecule is O=S(=O)(c1cccc(CO)c1)N(CC(F)(F)F)C1CC1. The Kier molecular flexibility index (Phi) is 4.08. The van der Waals surface area contributed by atoms with Gasteiger partial charge in [0.15, 0.2) is 0 Å². The lowest BCUT2D eigenvalue weighted by Crippen LogP contribution is -2.40. The van der Waals surface area contributed by atoms with Gasteiger partial charge in [-0.25, -0.2) is 8.42 Å². The summed E-state index contributed by atoms with van der Waals surface area (Å²) in [6, 6.07) is 4.75. The number of hydrogen-bond donors (Lipinski definition) is 1. The monoisotopic (exact) mass is 309 g/mol. The molecule has 0 radical (unpaired) electrons. The smallest absolute Gasteiger partial charge is 0.392 e. The third kappa shape index (κ3) is 3.50. The third-order valence-electron chi connectivity index (χ3n) is 2.98. The van der Waals surface area contributed by atoms with Crippen LogP contribution in [0.15, 0.2) is 29.2 Å². The molecule has 20 heavy (non-hydrogen) atoms. The van der Waals surface area contributed by atoms with Crippen molar-refractivity contribution < 1.29 is 26.7 Å². The number of hydrogen-bond acceptors (Lipinski definition) is 3. The van der Waals surface area contributed by atoms with Crippen molar-refractivity contribution in [2.75, 3.05) is 6.54 Å². The summed E-state index contributed by atoms with van der Waals surface area (Å²) in [4.78, 5) is -0.222. The first kappa shape index (κ1) is 15.3. The molecule has 0 unspecified atom stereocenters. The third-order valence-corrected chi connectivity index (χ3v) is 4.87. The number of nitrogens with zero attached hydrogens (tertiary/aromatic N) is 1. The summed E-state index contributed by atoms with van der Waals surface area (Å²) in [6.07, 6.45) is -3.70. The van der Waals surface area contributed by atoms with Crippen molar-refractivity contribution in [3.63, 3.8) is 0 Å². The number of alkyl halides is 3. The zero-order chi connectivity index (χ0) is 15.0. The molecular formula is C12H14F3NO3S. The van der Waals surface area contributed by atoms with Crippen LogP contribution in [0.3, 0.4) is 0 Å². The highest BCUT2D eigenvalue weighted by molar-refractivity contribution is 7.89. The summed E-state index contributed by atoms with van der Waals surface area (Å²) >= 11 is 0. The normalized spacial score (nSPS) is 16.6. The average Bonchev–Trinajstić information content (AvgIpc) is 3.19. The van der Waals surface area contributed by atoms with E-state index in [1.807, 2.05) is 0 Å². The van der Waals surface area contributed by atoms with Crippen LogP contribution in [-0.2, 0) is 16.6 Å². The quantitative estimate of drug-likeness (QED) is 0.904. The highest BCUT2D eigenvalue weighted by Gasteiger charge is 2.44. The minimum Gasteiger partial charge on any atom is -0.392 e.